The van der Waals surface area contributed by atoms with E-state index < -0.39 is 0 Å². The fourth-order valence-electron chi connectivity index (χ4n) is 1.51. The van der Waals surface area contributed by atoms with Gasteiger partial charge in [-0.15, -0.1) is 6.42 Å². The van der Waals surface area contributed by atoms with Crippen molar-refractivity contribution < 1.29 is 0 Å². The van der Waals surface area contributed by atoms with Crippen molar-refractivity contribution in [3.05, 3.63) is 0 Å². The minimum atomic E-state index is 0.199. The van der Waals surface area contributed by atoms with Gasteiger partial charge in [0.15, 0.2) is 0 Å². The number of rotatable bonds is 8. The summed E-state index contributed by atoms with van der Waals surface area (Å²) in [5.74, 6) is 2.78. The molecule has 0 amide bonds. The highest BCUT2D eigenvalue weighted by Crippen LogP contribution is 2.03. The maximum atomic E-state index is 5.68. The minimum Gasteiger partial charge on any atom is -0.329 e. The second-order valence-corrected chi connectivity index (χ2v) is 3.75. The molecule has 0 fully saturated rings. The molecule has 0 rings (SSSR count). The van der Waals surface area contributed by atoms with Crippen molar-refractivity contribution >= 4 is 0 Å². The minimum absolute atomic E-state index is 0.199. The quantitative estimate of drug-likeness (QED) is 0.582. The van der Waals surface area contributed by atoms with E-state index in [1.807, 2.05) is 0 Å². The van der Waals surface area contributed by atoms with Crippen molar-refractivity contribution in [2.75, 3.05) is 6.54 Å². The van der Waals surface area contributed by atoms with Gasteiger partial charge in [0.1, 0.15) is 0 Å². The number of nitrogens with one attached hydrogen (secondary N) is 1. The van der Waals surface area contributed by atoms with Crippen molar-refractivity contribution in [3.63, 3.8) is 0 Å². The lowest BCUT2D eigenvalue weighted by Crippen LogP contribution is -2.42. The molecular weight excluding hydrogens is 172 g/mol. The topological polar surface area (TPSA) is 38.0 Å². The second kappa shape index (κ2) is 9.05. The highest BCUT2D eigenvalue weighted by molar-refractivity contribution is 4.99. The van der Waals surface area contributed by atoms with Gasteiger partial charge in [-0.3, -0.25) is 5.32 Å². The summed E-state index contributed by atoms with van der Waals surface area (Å²) in [6, 6.07) is 0.591. The molecule has 2 heteroatoms. The highest BCUT2D eigenvalue weighted by Gasteiger charge is 2.10. The van der Waals surface area contributed by atoms with Gasteiger partial charge in [-0.2, -0.15) is 0 Å². The smallest absolute Gasteiger partial charge is 0.0689 e. The number of hydrogen-bond acceptors (Lipinski definition) is 2. The van der Waals surface area contributed by atoms with E-state index in [4.69, 9.17) is 12.2 Å². The molecule has 0 bridgehead atoms. The predicted molar refractivity (Wildman–Crippen MR) is 63.0 cm³/mol. The zero-order valence-electron chi connectivity index (χ0n) is 9.55. The molecular formula is C12H24N2. The van der Waals surface area contributed by atoms with Crippen molar-refractivity contribution in [1.82, 2.24) is 5.32 Å². The molecule has 0 aliphatic heterocycles. The fourth-order valence-corrected chi connectivity index (χ4v) is 1.51. The van der Waals surface area contributed by atoms with Crippen LogP contribution in [0.2, 0.25) is 0 Å². The lowest BCUT2D eigenvalue weighted by atomic mass is 10.1. The Morgan fingerprint density at radius 3 is 2.43 bits per heavy atom. The maximum absolute atomic E-state index is 5.68. The van der Waals surface area contributed by atoms with Gasteiger partial charge in [-0.05, 0) is 12.8 Å². The molecule has 0 spiro atoms. The highest BCUT2D eigenvalue weighted by atomic mass is 15.0. The van der Waals surface area contributed by atoms with Gasteiger partial charge in [-0.1, -0.05) is 39.0 Å². The van der Waals surface area contributed by atoms with E-state index in [0.717, 1.165) is 19.3 Å². The van der Waals surface area contributed by atoms with E-state index in [-0.39, 0.29) is 6.04 Å². The van der Waals surface area contributed by atoms with Gasteiger partial charge >= 0.3 is 0 Å². The number of terminal acetylenes is 1. The molecule has 0 radical (unpaired) electrons. The Balaban J connectivity index is 3.82. The first-order valence-electron chi connectivity index (χ1n) is 5.70. The van der Waals surface area contributed by atoms with Crippen LogP contribution in [0.1, 0.15) is 46.0 Å². The standard InChI is InChI=1S/C12H24N2/c1-4-7-9-12(10-13)14-11(6-3)8-5-2/h3,11-12,14H,4-5,7-10,13H2,1-2H3. The second-order valence-electron chi connectivity index (χ2n) is 3.75. The van der Waals surface area contributed by atoms with Crippen molar-refractivity contribution in [1.29, 1.82) is 0 Å². The molecule has 2 atom stereocenters. The summed E-state index contributed by atoms with van der Waals surface area (Å²) < 4.78 is 0. The van der Waals surface area contributed by atoms with E-state index in [0.29, 0.717) is 12.6 Å². The average Bonchev–Trinajstić information content (AvgIpc) is 2.22. The predicted octanol–water partition coefficient (Wildman–Crippen LogP) is 1.90. The third kappa shape index (κ3) is 6.01. The number of nitrogens with two attached hydrogens (primary N) is 1. The zero-order valence-corrected chi connectivity index (χ0v) is 9.55. The first-order valence-corrected chi connectivity index (χ1v) is 5.70. The fraction of sp³-hybridized carbons (Fsp3) is 0.833. The van der Waals surface area contributed by atoms with Crippen LogP contribution in [0.15, 0.2) is 0 Å². The largest absolute Gasteiger partial charge is 0.329 e. The summed E-state index contributed by atoms with van der Waals surface area (Å²) in [6.45, 7) is 5.02. The van der Waals surface area contributed by atoms with Crippen molar-refractivity contribution in [2.24, 2.45) is 5.73 Å². The van der Waals surface area contributed by atoms with Crippen LogP contribution in [0.3, 0.4) is 0 Å². The van der Waals surface area contributed by atoms with Crippen LogP contribution in [-0.2, 0) is 0 Å². The Morgan fingerprint density at radius 1 is 1.29 bits per heavy atom. The van der Waals surface area contributed by atoms with Gasteiger partial charge < -0.3 is 5.73 Å². The van der Waals surface area contributed by atoms with E-state index in [1.54, 1.807) is 0 Å². The molecule has 3 N–H and O–H groups in total. The van der Waals surface area contributed by atoms with Crippen LogP contribution in [0.5, 0.6) is 0 Å². The summed E-state index contributed by atoms with van der Waals surface area (Å²) in [5.41, 5.74) is 5.68. The first kappa shape index (κ1) is 13.5. The summed E-state index contributed by atoms with van der Waals surface area (Å²) in [7, 11) is 0. The summed E-state index contributed by atoms with van der Waals surface area (Å²) >= 11 is 0. The van der Waals surface area contributed by atoms with E-state index >= 15 is 0 Å². The molecule has 82 valence electrons. The van der Waals surface area contributed by atoms with E-state index in [2.05, 4.69) is 25.1 Å². The monoisotopic (exact) mass is 196 g/mol. The molecule has 0 aliphatic rings. The van der Waals surface area contributed by atoms with Crippen LogP contribution in [0.25, 0.3) is 0 Å². The molecule has 0 heterocycles. The molecule has 0 aliphatic carbocycles. The van der Waals surface area contributed by atoms with Crippen molar-refractivity contribution in [3.8, 4) is 12.3 Å². The lowest BCUT2D eigenvalue weighted by molar-refractivity contribution is 0.430. The summed E-state index contributed by atoms with van der Waals surface area (Å²) in [5, 5.41) is 3.43. The van der Waals surface area contributed by atoms with Crippen LogP contribution in [0.4, 0.5) is 0 Å². The number of unbranched alkanes of at least 4 members (excludes halogenated alkanes) is 1. The van der Waals surface area contributed by atoms with E-state index in [1.165, 1.54) is 12.8 Å². The SMILES string of the molecule is C#CC(CCC)NC(CN)CCCC. The van der Waals surface area contributed by atoms with Gasteiger partial charge in [0.2, 0.25) is 0 Å². The summed E-state index contributed by atoms with van der Waals surface area (Å²) in [4.78, 5) is 0. The summed E-state index contributed by atoms with van der Waals surface area (Å²) in [6.07, 6.45) is 11.2. The molecule has 0 saturated carbocycles. The van der Waals surface area contributed by atoms with Crippen LogP contribution in [0, 0.1) is 12.3 Å². The third-order valence-electron chi connectivity index (χ3n) is 2.41. The molecule has 0 aromatic heterocycles. The van der Waals surface area contributed by atoms with Gasteiger partial charge in [0.25, 0.3) is 0 Å². The Morgan fingerprint density at radius 2 is 2.00 bits per heavy atom. The first-order chi connectivity index (χ1) is 6.78. The average molecular weight is 196 g/mol. The van der Waals surface area contributed by atoms with Gasteiger partial charge in [-0.25, -0.2) is 0 Å². The third-order valence-corrected chi connectivity index (χ3v) is 2.41. The normalized spacial score (nSPS) is 14.7. The van der Waals surface area contributed by atoms with Crippen molar-refractivity contribution in [2.45, 2.75) is 58.0 Å². The van der Waals surface area contributed by atoms with E-state index in [9.17, 15) is 0 Å². The molecule has 2 nitrogen and oxygen atoms in total. The zero-order chi connectivity index (χ0) is 10.8. The van der Waals surface area contributed by atoms with Gasteiger partial charge in [0.05, 0.1) is 6.04 Å². The number of hydrogen-bond donors (Lipinski definition) is 2. The molecule has 14 heavy (non-hydrogen) atoms. The Kier molecular flexibility index (Phi) is 8.72. The Labute approximate surface area is 88.6 Å². The molecule has 0 aromatic rings. The Hall–Kier alpha value is -0.520. The van der Waals surface area contributed by atoms with Crippen LogP contribution < -0.4 is 11.1 Å². The van der Waals surface area contributed by atoms with Gasteiger partial charge in [0, 0.05) is 12.6 Å². The van der Waals surface area contributed by atoms with Crippen LogP contribution in [-0.4, -0.2) is 18.6 Å². The molecule has 0 saturated heterocycles. The Bertz CT molecular complexity index is 160. The molecule has 2 unspecified atom stereocenters. The maximum Gasteiger partial charge on any atom is 0.0689 e. The molecule has 0 aromatic carbocycles. The van der Waals surface area contributed by atoms with Crippen LogP contribution >= 0.6 is 0 Å². The lowest BCUT2D eigenvalue weighted by Gasteiger charge is -2.20.